The first kappa shape index (κ1) is 17.0. The number of hydrogen-bond acceptors (Lipinski definition) is 3. The molecule has 1 atom stereocenters. The second kappa shape index (κ2) is 7.40. The number of aliphatic hydroxyl groups is 1. The van der Waals surface area contributed by atoms with E-state index in [1.165, 1.54) is 0 Å². The number of nitrogens with zero attached hydrogens (tertiary/aromatic N) is 1. The first-order valence-corrected chi connectivity index (χ1v) is 8.19. The Hall–Kier alpha value is -2.79. The van der Waals surface area contributed by atoms with Crippen molar-refractivity contribution in [1.29, 1.82) is 0 Å². The Bertz CT molecular complexity index is 886. The fraction of sp³-hybridized carbons (Fsp3) is 0.250. The van der Waals surface area contributed by atoms with Crippen molar-refractivity contribution >= 4 is 16.8 Å². The Morgan fingerprint density at radius 3 is 2.88 bits per heavy atom. The third-order valence-electron chi connectivity index (χ3n) is 4.29. The third-order valence-corrected chi connectivity index (χ3v) is 4.29. The number of aryl methyl sites for hydroxylation is 1. The van der Waals surface area contributed by atoms with Gasteiger partial charge in [-0.05, 0) is 46.8 Å². The summed E-state index contributed by atoms with van der Waals surface area (Å²) < 4.78 is 7.19. The van der Waals surface area contributed by atoms with Gasteiger partial charge in [-0.15, -0.1) is 0 Å². The molecule has 0 spiro atoms. The number of nitrogens with one attached hydrogen (secondary N) is 1. The molecule has 0 radical (unpaired) electrons. The maximum absolute atomic E-state index is 12.1. The summed E-state index contributed by atoms with van der Waals surface area (Å²) in [7, 11) is 3.58. The van der Waals surface area contributed by atoms with E-state index >= 15 is 0 Å². The predicted octanol–water partition coefficient (Wildman–Crippen LogP) is 2.58. The van der Waals surface area contributed by atoms with Gasteiger partial charge in [0.15, 0.2) is 0 Å². The Morgan fingerprint density at radius 1 is 1.24 bits per heavy atom. The van der Waals surface area contributed by atoms with Crippen molar-refractivity contribution in [3.63, 3.8) is 0 Å². The first-order chi connectivity index (χ1) is 12.1. The molecule has 3 aromatic rings. The van der Waals surface area contributed by atoms with Crippen LogP contribution >= 0.6 is 0 Å². The first-order valence-electron chi connectivity index (χ1n) is 8.19. The van der Waals surface area contributed by atoms with Crippen LogP contribution in [0.1, 0.15) is 17.2 Å². The molecule has 0 bridgehead atoms. The molecule has 0 aliphatic heterocycles. The van der Waals surface area contributed by atoms with E-state index in [1.54, 1.807) is 7.11 Å². The second-order valence-electron chi connectivity index (χ2n) is 6.09. The van der Waals surface area contributed by atoms with Crippen LogP contribution in [0.5, 0.6) is 5.75 Å². The van der Waals surface area contributed by atoms with Gasteiger partial charge in [-0.25, -0.2) is 0 Å². The van der Waals surface area contributed by atoms with Gasteiger partial charge in [0, 0.05) is 25.3 Å². The van der Waals surface area contributed by atoms with Gasteiger partial charge in [0.2, 0.25) is 5.91 Å². The van der Waals surface area contributed by atoms with E-state index in [1.807, 2.05) is 66.3 Å². The molecule has 130 valence electrons. The SMILES string of the molecule is COc1cccc(CC(=O)NCC(O)c2ccc3c(ccn3C)c2)c1. The van der Waals surface area contributed by atoms with Crippen LogP contribution in [-0.4, -0.2) is 29.2 Å². The van der Waals surface area contributed by atoms with E-state index in [0.29, 0.717) is 0 Å². The van der Waals surface area contributed by atoms with Crippen molar-refractivity contribution in [1.82, 2.24) is 9.88 Å². The summed E-state index contributed by atoms with van der Waals surface area (Å²) in [5.41, 5.74) is 2.77. The fourth-order valence-electron chi connectivity index (χ4n) is 2.87. The summed E-state index contributed by atoms with van der Waals surface area (Å²) in [5, 5.41) is 14.2. The van der Waals surface area contributed by atoms with Crippen molar-refractivity contribution in [2.24, 2.45) is 7.05 Å². The van der Waals surface area contributed by atoms with Crippen LogP contribution in [0.25, 0.3) is 10.9 Å². The number of amides is 1. The van der Waals surface area contributed by atoms with Gasteiger partial charge in [0.05, 0.1) is 19.6 Å². The van der Waals surface area contributed by atoms with Crippen molar-refractivity contribution in [2.75, 3.05) is 13.7 Å². The van der Waals surface area contributed by atoms with Crippen LogP contribution in [0.2, 0.25) is 0 Å². The molecule has 1 unspecified atom stereocenters. The minimum Gasteiger partial charge on any atom is -0.497 e. The molecular weight excluding hydrogens is 316 g/mol. The van der Waals surface area contributed by atoms with E-state index in [4.69, 9.17) is 4.74 Å². The Balaban J connectivity index is 1.58. The molecular formula is C20H22N2O3. The van der Waals surface area contributed by atoms with Gasteiger partial charge in [-0.3, -0.25) is 4.79 Å². The highest BCUT2D eigenvalue weighted by molar-refractivity contribution is 5.81. The average molecular weight is 338 g/mol. The maximum atomic E-state index is 12.1. The molecule has 0 aliphatic rings. The molecule has 0 fully saturated rings. The number of hydrogen-bond donors (Lipinski definition) is 2. The number of carbonyl (C=O) groups excluding carboxylic acids is 1. The molecule has 0 saturated heterocycles. The fourth-order valence-corrected chi connectivity index (χ4v) is 2.87. The van der Waals surface area contributed by atoms with Crippen LogP contribution in [0.3, 0.4) is 0 Å². The van der Waals surface area contributed by atoms with E-state index in [-0.39, 0.29) is 18.9 Å². The number of fused-ring (bicyclic) bond motifs is 1. The van der Waals surface area contributed by atoms with Crippen LogP contribution in [0, 0.1) is 0 Å². The highest BCUT2D eigenvalue weighted by atomic mass is 16.5. The molecule has 1 amide bonds. The molecule has 5 nitrogen and oxygen atoms in total. The minimum atomic E-state index is -0.737. The molecule has 5 heteroatoms. The van der Waals surface area contributed by atoms with Gasteiger partial charge in [-0.1, -0.05) is 18.2 Å². The number of aliphatic hydroxyl groups excluding tert-OH is 1. The van der Waals surface area contributed by atoms with Gasteiger partial charge in [-0.2, -0.15) is 0 Å². The van der Waals surface area contributed by atoms with Crippen LogP contribution in [0.15, 0.2) is 54.7 Å². The zero-order valence-corrected chi connectivity index (χ0v) is 14.4. The monoisotopic (exact) mass is 338 g/mol. The smallest absolute Gasteiger partial charge is 0.224 e. The van der Waals surface area contributed by atoms with Gasteiger partial charge in [0.25, 0.3) is 0 Å². The van der Waals surface area contributed by atoms with Crippen LogP contribution in [0.4, 0.5) is 0 Å². The van der Waals surface area contributed by atoms with Gasteiger partial charge >= 0.3 is 0 Å². The number of methoxy groups -OCH3 is 1. The predicted molar refractivity (Wildman–Crippen MR) is 97.6 cm³/mol. The molecule has 1 aromatic heterocycles. The summed E-state index contributed by atoms with van der Waals surface area (Å²) in [6.45, 7) is 0.182. The quantitative estimate of drug-likeness (QED) is 0.726. The summed E-state index contributed by atoms with van der Waals surface area (Å²) in [6.07, 6.45) is 1.50. The lowest BCUT2D eigenvalue weighted by molar-refractivity contribution is -0.120. The van der Waals surface area contributed by atoms with Crippen LogP contribution < -0.4 is 10.1 Å². The lowest BCUT2D eigenvalue weighted by atomic mass is 10.1. The molecule has 2 aromatic carbocycles. The standard InChI is InChI=1S/C20H22N2O3/c1-22-9-8-15-12-16(6-7-18(15)22)19(23)13-21-20(24)11-14-4-3-5-17(10-14)25-2/h3-10,12,19,23H,11,13H2,1-2H3,(H,21,24). The van der Waals surface area contributed by atoms with Crippen molar-refractivity contribution in [2.45, 2.75) is 12.5 Å². The number of ether oxygens (including phenoxy) is 1. The molecule has 25 heavy (non-hydrogen) atoms. The number of benzene rings is 2. The van der Waals surface area contributed by atoms with E-state index in [2.05, 4.69) is 5.32 Å². The number of carbonyl (C=O) groups is 1. The zero-order valence-electron chi connectivity index (χ0n) is 14.4. The van der Waals surface area contributed by atoms with E-state index < -0.39 is 6.10 Å². The molecule has 0 aliphatic carbocycles. The molecule has 0 saturated carbocycles. The zero-order chi connectivity index (χ0) is 17.8. The second-order valence-corrected chi connectivity index (χ2v) is 6.09. The van der Waals surface area contributed by atoms with Crippen molar-refractivity contribution < 1.29 is 14.6 Å². The van der Waals surface area contributed by atoms with Gasteiger partial charge < -0.3 is 19.7 Å². The largest absolute Gasteiger partial charge is 0.497 e. The summed E-state index contributed by atoms with van der Waals surface area (Å²) in [6, 6.07) is 15.2. The number of rotatable bonds is 6. The molecule has 2 N–H and O–H groups in total. The van der Waals surface area contributed by atoms with Crippen molar-refractivity contribution in [3.8, 4) is 5.75 Å². The molecule has 3 rings (SSSR count). The Morgan fingerprint density at radius 2 is 2.08 bits per heavy atom. The van der Waals surface area contributed by atoms with Crippen LogP contribution in [-0.2, 0) is 18.3 Å². The van der Waals surface area contributed by atoms with Gasteiger partial charge in [0.1, 0.15) is 5.75 Å². The Kier molecular flexibility index (Phi) is 5.05. The highest BCUT2D eigenvalue weighted by Gasteiger charge is 2.11. The Labute approximate surface area is 146 Å². The van der Waals surface area contributed by atoms with E-state index in [9.17, 15) is 9.90 Å². The normalized spacial score (nSPS) is 12.1. The number of aromatic nitrogens is 1. The summed E-state index contributed by atoms with van der Waals surface area (Å²) in [4.78, 5) is 12.1. The summed E-state index contributed by atoms with van der Waals surface area (Å²) >= 11 is 0. The average Bonchev–Trinajstić information content (AvgIpc) is 3.00. The molecule has 1 heterocycles. The highest BCUT2D eigenvalue weighted by Crippen LogP contribution is 2.21. The maximum Gasteiger partial charge on any atom is 0.224 e. The lowest BCUT2D eigenvalue weighted by Gasteiger charge is -2.13. The lowest BCUT2D eigenvalue weighted by Crippen LogP contribution is -2.29. The van der Waals surface area contributed by atoms with E-state index in [0.717, 1.165) is 27.8 Å². The minimum absolute atomic E-state index is 0.131. The third kappa shape index (κ3) is 4.00. The topological polar surface area (TPSA) is 63.5 Å². The van der Waals surface area contributed by atoms with Crippen molar-refractivity contribution in [3.05, 3.63) is 65.9 Å². The summed E-state index contributed by atoms with van der Waals surface area (Å²) in [5.74, 6) is 0.592.